The van der Waals surface area contributed by atoms with Gasteiger partial charge in [-0.05, 0) is 73.9 Å². The van der Waals surface area contributed by atoms with Gasteiger partial charge in [-0.2, -0.15) is 0 Å². The van der Waals surface area contributed by atoms with Gasteiger partial charge >= 0.3 is 11.8 Å². The van der Waals surface area contributed by atoms with Gasteiger partial charge in [-0.15, -0.1) is 0 Å². The topological polar surface area (TPSA) is 253 Å². The summed E-state index contributed by atoms with van der Waals surface area (Å²) in [5.74, 6) is 1.10. The van der Waals surface area contributed by atoms with Crippen LogP contribution in [0.25, 0.3) is 16.5 Å². The van der Waals surface area contributed by atoms with E-state index in [9.17, 15) is 29.7 Å². The van der Waals surface area contributed by atoms with E-state index in [0.29, 0.717) is 60.9 Å². The fourth-order valence-electron chi connectivity index (χ4n) is 10.5. The van der Waals surface area contributed by atoms with Crippen LogP contribution in [-0.2, 0) is 23.8 Å². The number of esters is 1. The summed E-state index contributed by atoms with van der Waals surface area (Å²) in [4.78, 5) is 55.5. The molecule has 3 aromatic carbocycles. The predicted octanol–water partition coefficient (Wildman–Crippen LogP) is 5.90. The predicted molar refractivity (Wildman–Crippen MR) is 277 cm³/mol. The van der Waals surface area contributed by atoms with E-state index < -0.39 is 65.0 Å². The molecule has 1 saturated heterocycles. The summed E-state index contributed by atoms with van der Waals surface area (Å²) < 4.78 is 30.0. The highest BCUT2D eigenvalue weighted by Gasteiger charge is 2.50. The molecule has 3 aromatic rings. The number of piperidine rings is 1. The van der Waals surface area contributed by atoms with Crippen LogP contribution in [0.1, 0.15) is 96.1 Å². The Labute approximate surface area is 427 Å². The number of nitrogens with one attached hydrogen (secondary N) is 1. The molecule has 0 saturated carbocycles. The van der Waals surface area contributed by atoms with E-state index in [1.54, 1.807) is 70.4 Å². The van der Waals surface area contributed by atoms with Crippen molar-refractivity contribution in [3.63, 3.8) is 0 Å². The zero-order chi connectivity index (χ0) is 53.3. The molecule has 0 radical (unpaired) electrons. The number of methoxy groups -OCH3 is 2. The number of allylic oxidation sites excluding steroid dienone is 3. The number of aliphatic hydroxyl groups is 1. The lowest BCUT2D eigenvalue weighted by Crippen LogP contribution is -2.46. The van der Waals surface area contributed by atoms with Crippen LogP contribution in [0.15, 0.2) is 76.6 Å². The van der Waals surface area contributed by atoms with Gasteiger partial charge in [0, 0.05) is 81.1 Å². The van der Waals surface area contributed by atoms with Crippen LogP contribution in [0.5, 0.6) is 23.0 Å². The third-order valence-corrected chi connectivity index (χ3v) is 14.6. The monoisotopic (exact) mass is 1010 g/mol. The zero-order valence-electron chi connectivity index (χ0n) is 43.9. The Kier molecular flexibility index (Phi) is 16.3. The van der Waals surface area contributed by atoms with E-state index in [0.717, 1.165) is 11.6 Å². The Hall–Kier alpha value is -6.47. The Morgan fingerprint density at radius 3 is 2.32 bits per heavy atom. The highest BCUT2D eigenvalue weighted by atomic mass is 16.7. The largest absolute Gasteiger partial charge is 0.507 e. The number of ether oxygens (including phenoxy) is 5. The molecule has 8 N–H and O–H groups in total. The third kappa shape index (κ3) is 11.2. The lowest BCUT2D eigenvalue weighted by molar-refractivity contribution is -0.162. The first-order valence-corrected chi connectivity index (χ1v) is 25.1. The number of phenols is 2. The number of Topliss-reactive ketones (excluding diaryl/α,β-unsaturated/α-hetero) is 1. The van der Waals surface area contributed by atoms with Crippen LogP contribution in [0, 0.1) is 36.5 Å². The van der Waals surface area contributed by atoms with Crippen molar-refractivity contribution in [2.45, 2.75) is 111 Å². The molecule has 2 unspecified atom stereocenters. The number of phenolic OH excluding ortho intramolecular Hbond substituents is 2. The molecule has 0 aliphatic carbocycles. The number of anilines is 1. The number of hydrazine groups is 1. The van der Waals surface area contributed by atoms with Crippen molar-refractivity contribution in [2.75, 3.05) is 45.7 Å². The van der Waals surface area contributed by atoms with Crippen LogP contribution < -0.4 is 37.1 Å². The maximum atomic E-state index is 14.9. The van der Waals surface area contributed by atoms with Crippen LogP contribution in [0.2, 0.25) is 0 Å². The second-order valence-electron chi connectivity index (χ2n) is 20.8. The molecular formula is C55H73N7O11. The van der Waals surface area contributed by atoms with Gasteiger partial charge in [0.15, 0.2) is 11.4 Å². The first-order chi connectivity index (χ1) is 34.5. The summed E-state index contributed by atoms with van der Waals surface area (Å²) in [6.07, 6.45) is 8.51. The Balaban J connectivity index is 1.28. The lowest BCUT2D eigenvalue weighted by atomic mass is 9.79. The standard InChI is InChI=1S/C55H73N7O11/c1-29(2)26-61-22-20-55(21-23-61)59-44-41-42-48(65)35(8)51-43(41)52(67)54(9,73-51)71-24-19-39(70-11)33(6)50(72-40(63)28-62(57)27-38(56)36-15-17-37(69-10)18-16-36)34(7)47(64)32(5)25-30(3)13-12-14-31(4)53(68)58-46(49(42)66)45(44)60-55/h12-19,24,27,29-30,32-34,39,47,50,64-66H,20-23,25-26,28,56-57H2,1-11H3,(H,58,68)/b13-12+,24-19+,31-14-,38-27-/t30-,32+,33+,34+,39-,47?,50?,54-/m0/s1. The van der Waals surface area contributed by atoms with E-state index in [2.05, 4.69) is 24.1 Å². The molecule has 73 heavy (non-hydrogen) atoms. The maximum Gasteiger partial charge on any atom is 0.327 e. The Bertz CT molecular complexity index is 2850. The quantitative estimate of drug-likeness (QED) is 0.0632. The van der Waals surface area contributed by atoms with E-state index in [4.69, 9.17) is 45.2 Å². The zero-order valence-corrected chi connectivity index (χ0v) is 43.9. The number of hydrogen-bond acceptors (Lipinski definition) is 17. The van der Waals surface area contributed by atoms with Gasteiger partial charge < -0.3 is 60.0 Å². The number of aliphatic hydroxyl groups excluding tert-OH is 1. The summed E-state index contributed by atoms with van der Waals surface area (Å²) in [6, 6.07) is 7.03. The Morgan fingerprint density at radius 1 is 1.00 bits per heavy atom. The number of carbonyl (C=O) groups excluding carboxylic acids is 3. The second kappa shape index (κ2) is 21.9. The first-order valence-electron chi connectivity index (χ1n) is 25.1. The molecule has 0 aromatic heterocycles. The molecule has 5 aliphatic heterocycles. The number of ketones is 1. The SMILES string of the molecule is COc1ccc(/C(N)=C/N(N)CC(=O)OC2[C@H](C)C(O)[C@H](C)C[C@@H](C)/C=C/C=C(/C)C(=O)Nc3c(O)c4c(O)c(C)c5c(c4c4c3=NC3(CCN(CC(C)C)CC3)N=4)C(=O)[C@@](C)(O/C=C/[C@H](OC)[C@H]2C)O5)cc1. The van der Waals surface area contributed by atoms with Gasteiger partial charge in [-0.25, -0.2) is 5.84 Å². The Morgan fingerprint density at radius 2 is 1.67 bits per heavy atom. The van der Waals surface area contributed by atoms with Crippen LogP contribution in [-0.4, -0.2) is 113 Å². The molecule has 8 rings (SSSR count). The van der Waals surface area contributed by atoms with Gasteiger partial charge in [0.05, 0.1) is 47.6 Å². The van der Waals surface area contributed by atoms with E-state index in [1.807, 2.05) is 26.8 Å². The van der Waals surface area contributed by atoms with Crippen molar-refractivity contribution in [2.24, 2.45) is 51.2 Å². The minimum Gasteiger partial charge on any atom is -0.507 e. The maximum absolute atomic E-state index is 14.9. The van der Waals surface area contributed by atoms with Crippen molar-refractivity contribution in [3.05, 3.63) is 94.0 Å². The van der Waals surface area contributed by atoms with Crippen molar-refractivity contribution in [3.8, 4) is 23.0 Å². The fourth-order valence-corrected chi connectivity index (χ4v) is 10.5. The van der Waals surface area contributed by atoms with Gasteiger partial charge in [-0.1, -0.05) is 59.8 Å². The van der Waals surface area contributed by atoms with Crippen molar-refractivity contribution in [1.29, 1.82) is 0 Å². The number of carbonyl (C=O) groups is 3. The molecule has 5 aliphatic rings. The molecule has 1 amide bonds. The van der Waals surface area contributed by atoms with Gasteiger partial charge in [0.2, 0.25) is 0 Å². The molecule has 8 atom stereocenters. The molecule has 1 spiro atoms. The van der Waals surface area contributed by atoms with Gasteiger partial charge in [-0.3, -0.25) is 24.4 Å². The summed E-state index contributed by atoms with van der Waals surface area (Å²) in [5.41, 5.74) is 6.77. The first kappa shape index (κ1) is 54.3. The number of fused-ring (bicyclic) bond motifs is 13. The van der Waals surface area contributed by atoms with Gasteiger partial charge in [0.1, 0.15) is 40.9 Å². The number of nitrogens with two attached hydrogens (primary N) is 2. The third-order valence-electron chi connectivity index (χ3n) is 14.6. The average molecular weight is 1010 g/mol. The average Bonchev–Trinajstić information content (AvgIpc) is 3.85. The summed E-state index contributed by atoms with van der Waals surface area (Å²) in [6.45, 7) is 18.4. The molecule has 18 nitrogen and oxygen atoms in total. The molecule has 1 fully saturated rings. The summed E-state index contributed by atoms with van der Waals surface area (Å²) >= 11 is 0. The second-order valence-corrected chi connectivity index (χ2v) is 20.8. The summed E-state index contributed by atoms with van der Waals surface area (Å²) in [5, 5.41) is 40.6. The number of likely N-dealkylation sites (tertiary alicyclic amines) is 1. The molecule has 5 bridgehead atoms. The lowest BCUT2D eigenvalue weighted by Gasteiger charge is -2.37. The normalized spacial score (nSPS) is 28.3. The van der Waals surface area contributed by atoms with Crippen molar-refractivity contribution >= 4 is 39.8 Å². The summed E-state index contributed by atoms with van der Waals surface area (Å²) in [7, 11) is 3.04. The highest BCUT2D eigenvalue weighted by molar-refractivity contribution is 6.19. The minimum atomic E-state index is -1.99. The van der Waals surface area contributed by atoms with Crippen LogP contribution >= 0.6 is 0 Å². The highest BCUT2D eigenvalue weighted by Crippen LogP contribution is 2.50. The number of amides is 1. The minimum absolute atomic E-state index is 0.0266. The molecule has 394 valence electrons. The number of rotatable bonds is 9. The number of aromatic hydroxyl groups is 2. The van der Waals surface area contributed by atoms with Crippen molar-refractivity contribution < 1.29 is 53.4 Å². The van der Waals surface area contributed by atoms with Crippen molar-refractivity contribution in [1.82, 2.24) is 9.91 Å². The fraction of sp³-hybridized carbons (Fsp3) is 0.509. The molecule has 18 heteroatoms. The number of hydrogen-bond donors (Lipinski definition) is 6. The number of nitrogens with zero attached hydrogens (tertiary/aromatic N) is 4. The smallest absolute Gasteiger partial charge is 0.327 e. The van der Waals surface area contributed by atoms with E-state index >= 15 is 0 Å². The molecule has 5 heterocycles. The van der Waals surface area contributed by atoms with E-state index in [-0.39, 0.29) is 68.2 Å². The van der Waals surface area contributed by atoms with E-state index in [1.165, 1.54) is 26.5 Å². The number of benzene rings is 3. The van der Waals surface area contributed by atoms with Gasteiger partial charge in [0.25, 0.3) is 11.7 Å². The van der Waals surface area contributed by atoms with Crippen LogP contribution in [0.4, 0.5) is 5.69 Å². The molecular weight excluding hydrogens is 935 g/mol. The van der Waals surface area contributed by atoms with Crippen LogP contribution in [0.3, 0.4) is 0 Å².